The van der Waals surface area contributed by atoms with E-state index < -0.39 is 5.97 Å². The number of benzene rings is 2. The predicted octanol–water partition coefficient (Wildman–Crippen LogP) is 1.85. The van der Waals surface area contributed by atoms with Gasteiger partial charge < -0.3 is 15.6 Å². The van der Waals surface area contributed by atoms with Crippen molar-refractivity contribution in [2.45, 2.75) is 0 Å². The van der Waals surface area contributed by atoms with Gasteiger partial charge in [0, 0.05) is 22.2 Å². The van der Waals surface area contributed by atoms with E-state index in [0.717, 1.165) is 5.56 Å². The number of aromatic carboxylic acids is 1. The van der Waals surface area contributed by atoms with E-state index in [9.17, 15) is 9.90 Å². The molecular weight excluding hydrogens is 252 g/mol. The second-order valence-electron chi connectivity index (χ2n) is 4.48. The van der Waals surface area contributed by atoms with Gasteiger partial charge in [0.1, 0.15) is 0 Å². The number of fused-ring (bicyclic) bond motifs is 1. The zero-order valence-electron chi connectivity index (χ0n) is 10.5. The molecule has 0 unspecified atom stereocenters. The average molecular weight is 263 g/mol. The maximum atomic E-state index is 11.3. The minimum atomic E-state index is -1.21. The van der Waals surface area contributed by atoms with E-state index in [0.29, 0.717) is 22.3 Å². The van der Waals surface area contributed by atoms with Crippen molar-refractivity contribution in [1.29, 1.82) is 0 Å². The quantitative estimate of drug-likeness (QED) is 0.715. The normalized spacial score (nSPS) is 10.6. The van der Waals surface area contributed by atoms with E-state index in [1.54, 1.807) is 30.3 Å². The largest absolute Gasteiger partial charge is 0.545 e. The van der Waals surface area contributed by atoms with Gasteiger partial charge in [-0.05, 0) is 24.3 Å². The summed E-state index contributed by atoms with van der Waals surface area (Å²) in [5.41, 5.74) is 8.46. The Morgan fingerprint density at radius 2 is 1.75 bits per heavy atom. The van der Waals surface area contributed by atoms with Crippen molar-refractivity contribution >= 4 is 22.6 Å². The Morgan fingerprint density at radius 3 is 2.45 bits per heavy atom. The summed E-state index contributed by atoms with van der Waals surface area (Å²) in [5, 5.41) is 11.9. The molecule has 0 spiro atoms. The lowest BCUT2D eigenvalue weighted by Crippen LogP contribution is -2.22. The van der Waals surface area contributed by atoms with Crippen LogP contribution in [0.25, 0.3) is 22.2 Å². The molecule has 0 saturated heterocycles. The van der Waals surface area contributed by atoms with Crippen molar-refractivity contribution < 1.29 is 9.90 Å². The van der Waals surface area contributed by atoms with Crippen molar-refractivity contribution in [1.82, 2.24) is 4.98 Å². The van der Waals surface area contributed by atoms with E-state index in [4.69, 9.17) is 5.73 Å². The van der Waals surface area contributed by atoms with Gasteiger partial charge >= 0.3 is 0 Å². The molecule has 0 atom stereocenters. The highest BCUT2D eigenvalue weighted by molar-refractivity contribution is 6.02. The Balaban J connectivity index is 2.27. The number of anilines is 1. The zero-order chi connectivity index (χ0) is 14.1. The molecule has 4 heteroatoms. The van der Waals surface area contributed by atoms with E-state index in [2.05, 4.69) is 4.98 Å². The molecule has 1 heterocycles. The summed E-state index contributed by atoms with van der Waals surface area (Å²) in [4.78, 5) is 15.8. The molecule has 20 heavy (non-hydrogen) atoms. The fraction of sp³-hybridized carbons (Fsp3) is 0. The summed E-state index contributed by atoms with van der Waals surface area (Å²) in [7, 11) is 0. The Morgan fingerprint density at radius 1 is 1.05 bits per heavy atom. The van der Waals surface area contributed by atoms with Crippen LogP contribution in [0, 0.1) is 0 Å². The second-order valence-corrected chi connectivity index (χ2v) is 4.48. The lowest BCUT2D eigenvalue weighted by molar-refractivity contribution is -0.254. The van der Waals surface area contributed by atoms with E-state index in [-0.39, 0.29) is 5.56 Å². The molecule has 0 fully saturated rings. The summed E-state index contributed by atoms with van der Waals surface area (Å²) < 4.78 is 0. The number of rotatable bonds is 2. The third-order valence-corrected chi connectivity index (χ3v) is 3.14. The first-order valence-electron chi connectivity index (χ1n) is 6.12. The molecule has 0 saturated carbocycles. The molecule has 3 rings (SSSR count). The third-order valence-electron chi connectivity index (χ3n) is 3.14. The van der Waals surface area contributed by atoms with Gasteiger partial charge in [0.2, 0.25) is 0 Å². The fourth-order valence-electron chi connectivity index (χ4n) is 2.15. The van der Waals surface area contributed by atoms with Gasteiger partial charge in [-0.15, -0.1) is 0 Å². The number of aromatic nitrogens is 1. The molecule has 0 aliphatic heterocycles. The van der Waals surface area contributed by atoms with Crippen LogP contribution in [0.5, 0.6) is 0 Å². The summed E-state index contributed by atoms with van der Waals surface area (Å²) in [5.74, 6) is -1.21. The van der Waals surface area contributed by atoms with Crippen LogP contribution in [0.2, 0.25) is 0 Å². The van der Waals surface area contributed by atoms with Gasteiger partial charge in [-0.1, -0.05) is 30.3 Å². The predicted molar refractivity (Wildman–Crippen MR) is 75.9 cm³/mol. The minimum absolute atomic E-state index is 0.141. The maximum Gasteiger partial charge on any atom is 0.0722 e. The molecule has 0 aliphatic carbocycles. The molecule has 0 amide bonds. The first-order chi connectivity index (χ1) is 9.65. The highest BCUT2D eigenvalue weighted by Crippen LogP contribution is 2.25. The molecule has 2 aromatic carbocycles. The van der Waals surface area contributed by atoms with Crippen molar-refractivity contribution in [3.63, 3.8) is 0 Å². The molecular formula is C16H11N2O2-. The maximum absolute atomic E-state index is 11.3. The number of carboxylic acid groups (broad SMARTS) is 1. The lowest BCUT2D eigenvalue weighted by atomic mass is 10.0. The fourth-order valence-corrected chi connectivity index (χ4v) is 2.15. The first kappa shape index (κ1) is 12.2. The van der Waals surface area contributed by atoms with Crippen LogP contribution < -0.4 is 10.8 Å². The number of nitrogens with two attached hydrogens (primary N) is 1. The number of hydrogen-bond donors (Lipinski definition) is 1. The van der Waals surface area contributed by atoms with Crippen LogP contribution in [0.1, 0.15) is 10.4 Å². The van der Waals surface area contributed by atoms with Crippen LogP contribution in [0.4, 0.5) is 5.69 Å². The number of carbonyl (C=O) groups is 1. The number of carbonyl (C=O) groups excluding carboxylic acids is 1. The van der Waals surface area contributed by atoms with Crippen LogP contribution in [0.3, 0.4) is 0 Å². The smallest absolute Gasteiger partial charge is 0.0722 e. The monoisotopic (exact) mass is 263 g/mol. The topological polar surface area (TPSA) is 79.0 Å². The average Bonchev–Trinajstić information content (AvgIpc) is 2.46. The van der Waals surface area contributed by atoms with E-state index in [1.807, 2.05) is 18.2 Å². The SMILES string of the molecule is Nc1ccc(-c2cc(C(=O)[O-])c3ccccc3n2)cc1. The number of para-hydroxylation sites is 1. The highest BCUT2D eigenvalue weighted by atomic mass is 16.4. The summed E-state index contributed by atoms with van der Waals surface area (Å²) in [6.45, 7) is 0. The Hall–Kier alpha value is -2.88. The molecule has 0 radical (unpaired) electrons. The van der Waals surface area contributed by atoms with E-state index in [1.165, 1.54) is 6.07 Å². The van der Waals surface area contributed by atoms with Crippen molar-refractivity contribution in [3.05, 3.63) is 60.2 Å². The molecule has 1 aromatic heterocycles. The molecule has 4 nitrogen and oxygen atoms in total. The third kappa shape index (κ3) is 2.07. The summed E-state index contributed by atoms with van der Waals surface area (Å²) in [6, 6.07) is 15.8. The summed E-state index contributed by atoms with van der Waals surface area (Å²) >= 11 is 0. The molecule has 0 aliphatic rings. The first-order valence-corrected chi connectivity index (χ1v) is 6.12. The Bertz CT molecular complexity index is 795. The van der Waals surface area contributed by atoms with Crippen LogP contribution in [0.15, 0.2) is 54.6 Å². The standard InChI is InChI=1S/C16H12N2O2/c17-11-7-5-10(6-8-11)15-9-13(16(19)20)12-3-1-2-4-14(12)18-15/h1-9H,17H2,(H,19,20)/p-1. The summed E-state index contributed by atoms with van der Waals surface area (Å²) in [6.07, 6.45) is 0. The molecule has 2 N–H and O–H groups in total. The molecule has 0 bridgehead atoms. The molecule has 98 valence electrons. The van der Waals surface area contributed by atoms with Gasteiger partial charge in [-0.2, -0.15) is 0 Å². The second kappa shape index (κ2) is 4.66. The minimum Gasteiger partial charge on any atom is -0.545 e. The van der Waals surface area contributed by atoms with Crippen LogP contribution in [-0.2, 0) is 0 Å². The van der Waals surface area contributed by atoms with Crippen molar-refractivity contribution in [2.75, 3.05) is 5.73 Å². The van der Waals surface area contributed by atoms with E-state index >= 15 is 0 Å². The van der Waals surface area contributed by atoms with Crippen molar-refractivity contribution in [2.24, 2.45) is 0 Å². The van der Waals surface area contributed by atoms with Gasteiger partial charge in [0.25, 0.3) is 0 Å². The number of carboxylic acids is 1. The van der Waals surface area contributed by atoms with Gasteiger partial charge in [0.15, 0.2) is 0 Å². The Labute approximate surface area is 115 Å². The number of hydrogen-bond acceptors (Lipinski definition) is 4. The lowest BCUT2D eigenvalue weighted by Gasteiger charge is -2.10. The van der Waals surface area contributed by atoms with Crippen LogP contribution >= 0.6 is 0 Å². The zero-order valence-corrected chi connectivity index (χ0v) is 10.5. The highest BCUT2D eigenvalue weighted by Gasteiger charge is 2.08. The number of pyridine rings is 1. The van der Waals surface area contributed by atoms with Gasteiger partial charge in [-0.25, -0.2) is 4.98 Å². The Kier molecular flexibility index (Phi) is 2.84. The van der Waals surface area contributed by atoms with Gasteiger partial charge in [-0.3, -0.25) is 0 Å². The van der Waals surface area contributed by atoms with Gasteiger partial charge in [0.05, 0.1) is 17.2 Å². The van der Waals surface area contributed by atoms with Crippen molar-refractivity contribution in [3.8, 4) is 11.3 Å². The molecule has 3 aromatic rings. The van der Waals surface area contributed by atoms with Crippen LogP contribution in [-0.4, -0.2) is 11.0 Å². The number of nitrogen functional groups attached to an aromatic ring is 1. The number of nitrogens with zero attached hydrogens (tertiary/aromatic N) is 1.